The van der Waals surface area contributed by atoms with Crippen LogP contribution in [0.15, 0.2) is 43.0 Å². The van der Waals surface area contributed by atoms with E-state index < -0.39 is 41.5 Å². The minimum atomic E-state index is -1.16. The number of benzene rings is 1. The largest absolute Gasteiger partial charge is 0.481 e. The zero-order valence-electron chi connectivity index (χ0n) is 16.6. The number of hydrogen-bond acceptors (Lipinski definition) is 5. The predicted molar refractivity (Wildman–Crippen MR) is 106 cm³/mol. The molecule has 5 atom stereocenters. The predicted octanol–water partition coefficient (Wildman–Crippen LogP) is 0.653. The highest BCUT2D eigenvalue weighted by Crippen LogP contribution is 2.58. The van der Waals surface area contributed by atoms with Crippen LogP contribution in [0.2, 0.25) is 0 Å². The highest BCUT2D eigenvalue weighted by atomic mass is 16.5. The Balaban J connectivity index is 1.70. The van der Waals surface area contributed by atoms with Gasteiger partial charge in [0.25, 0.3) is 0 Å². The molecule has 160 valence electrons. The fourth-order valence-corrected chi connectivity index (χ4v) is 5.43. The Morgan fingerprint density at radius 2 is 2.07 bits per heavy atom. The van der Waals surface area contributed by atoms with E-state index in [0.717, 1.165) is 5.56 Å². The Bertz CT molecular complexity index is 858. The molecule has 3 fully saturated rings. The molecule has 30 heavy (non-hydrogen) atoms. The maximum Gasteiger partial charge on any atom is 0.310 e. The molecule has 2 bridgehead atoms. The summed E-state index contributed by atoms with van der Waals surface area (Å²) in [5.74, 6) is -3.68. The van der Waals surface area contributed by atoms with E-state index in [1.54, 1.807) is 11.0 Å². The maximum absolute atomic E-state index is 13.7. The Hall–Kier alpha value is -2.71. The lowest BCUT2D eigenvalue weighted by Crippen LogP contribution is -2.56. The van der Waals surface area contributed by atoms with Gasteiger partial charge >= 0.3 is 5.97 Å². The quantitative estimate of drug-likeness (QED) is 0.605. The summed E-state index contributed by atoms with van der Waals surface area (Å²) in [4.78, 5) is 41.8. The van der Waals surface area contributed by atoms with Crippen LogP contribution in [0.4, 0.5) is 0 Å². The van der Waals surface area contributed by atoms with Gasteiger partial charge in [-0.15, -0.1) is 6.58 Å². The van der Waals surface area contributed by atoms with Crippen LogP contribution in [-0.4, -0.2) is 75.2 Å². The number of carbonyl (C=O) groups excluding carboxylic acids is 2. The van der Waals surface area contributed by atoms with E-state index in [9.17, 15) is 24.6 Å². The molecule has 1 aromatic carbocycles. The second-order valence-electron chi connectivity index (χ2n) is 8.14. The summed E-state index contributed by atoms with van der Waals surface area (Å²) in [6.07, 6.45) is 2.00. The third-order valence-corrected chi connectivity index (χ3v) is 6.54. The minimum Gasteiger partial charge on any atom is -0.481 e. The number of aliphatic hydroxyl groups excluding tert-OH is 1. The topological polar surface area (TPSA) is 107 Å². The Labute approximate surface area is 174 Å². The summed E-state index contributed by atoms with van der Waals surface area (Å²) < 4.78 is 6.12. The minimum absolute atomic E-state index is 0.0406. The molecule has 0 radical (unpaired) electrons. The van der Waals surface area contributed by atoms with Crippen molar-refractivity contribution in [3.63, 3.8) is 0 Å². The molecular formula is C22H26N2O6. The van der Waals surface area contributed by atoms with Crippen LogP contribution in [0.5, 0.6) is 0 Å². The number of carbonyl (C=O) groups is 3. The first kappa shape index (κ1) is 20.6. The van der Waals surface area contributed by atoms with Gasteiger partial charge < -0.3 is 24.7 Å². The van der Waals surface area contributed by atoms with E-state index >= 15 is 0 Å². The molecule has 1 aromatic rings. The molecular weight excluding hydrogens is 388 g/mol. The fourth-order valence-electron chi connectivity index (χ4n) is 5.43. The number of likely N-dealkylation sites (tertiary alicyclic amines) is 1. The second kappa shape index (κ2) is 7.85. The molecule has 3 aliphatic heterocycles. The van der Waals surface area contributed by atoms with E-state index in [1.165, 1.54) is 4.90 Å². The van der Waals surface area contributed by atoms with Crippen LogP contribution in [0.25, 0.3) is 0 Å². The summed E-state index contributed by atoms with van der Waals surface area (Å²) in [5, 5.41) is 19.3. The summed E-state index contributed by atoms with van der Waals surface area (Å²) >= 11 is 0. The fraction of sp³-hybridized carbons (Fsp3) is 0.500. The van der Waals surface area contributed by atoms with E-state index in [2.05, 4.69) is 6.58 Å². The highest BCUT2D eigenvalue weighted by molar-refractivity contribution is 5.98. The second-order valence-corrected chi connectivity index (χ2v) is 8.14. The van der Waals surface area contributed by atoms with E-state index in [-0.39, 0.29) is 25.6 Å². The number of carboxylic acid groups (broad SMARTS) is 1. The van der Waals surface area contributed by atoms with Gasteiger partial charge in [-0.05, 0) is 18.4 Å². The van der Waals surface area contributed by atoms with Gasteiger partial charge in [0.05, 0.1) is 24.5 Å². The molecule has 2 N–H and O–H groups in total. The van der Waals surface area contributed by atoms with Crippen LogP contribution < -0.4 is 0 Å². The summed E-state index contributed by atoms with van der Waals surface area (Å²) in [6.45, 7) is 3.99. The number of β-amino-alcohol motifs (C(OH)–C–C–N with tert-alkyl or cyclic N) is 1. The van der Waals surface area contributed by atoms with Crippen LogP contribution in [0.1, 0.15) is 18.4 Å². The Kier molecular flexibility index (Phi) is 5.38. The first-order valence-corrected chi connectivity index (χ1v) is 10.2. The number of nitrogens with zero attached hydrogens (tertiary/aromatic N) is 2. The van der Waals surface area contributed by atoms with Crippen LogP contribution in [0.3, 0.4) is 0 Å². The van der Waals surface area contributed by atoms with Crippen molar-refractivity contribution >= 4 is 17.8 Å². The average molecular weight is 414 g/mol. The zero-order valence-corrected chi connectivity index (χ0v) is 16.6. The smallest absolute Gasteiger partial charge is 0.310 e. The molecule has 3 heterocycles. The summed E-state index contributed by atoms with van der Waals surface area (Å²) in [5.41, 5.74) is -0.229. The number of aliphatic carboxylic acids is 1. The number of carboxylic acids is 1. The molecule has 0 aliphatic carbocycles. The third kappa shape index (κ3) is 3.02. The maximum atomic E-state index is 13.7. The summed E-state index contributed by atoms with van der Waals surface area (Å²) in [7, 11) is 0. The summed E-state index contributed by atoms with van der Waals surface area (Å²) in [6, 6.07) is 8.53. The van der Waals surface area contributed by atoms with Gasteiger partial charge in [0.1, 0.15) is 11.6 Å². The van der Waals surface area contributed by atoms with E-state index in [1.807, 2.05) is 30.3 Å². The molecule has 0 unspecified atom stereocenters. The molecule has 8 nitrogen and oxygen atoms in total. The van der Waals surface area contributed by atoms with Crippen molar-refractivity contribution < 1.29 is 29.3 Å². The van der Waals surface area contributed by atoms with Crippen molar-refractivity contribution in [2.75, 3.05) is 19.7 Å². The van der Waals surface area contributed by atoms with E-state index in [0.29, 0.717) is 19.4 Å². The van der Waals surface area contributed by atoms with Gasteiger partial charge in [-0.2, -0.15) is 0 Å². The lowest BCUT2D eigenvalue weighted by Gasteiger charge is -2.36. The van der Waals surface area contributed by atoms with Crippen molar-refractivity contribution in [2.45, 2.75) is 37.1 Å². The van der Waals surface area contributed by atoms with Gasteiger partial charge in [0.15, 0.2) is 0 Å². The van der Waals surface area contributed by atoms with Crippen molar-refractivity contribution in [3.8, 4) is 0 Å². The molecule has 0 aromatic heterocycles. The number of hydrogen-bond donors (Lipinski definition) is 2. The number of rotatable bonds is 8. The Morgan fingerprint density at radius 1 is 1.33 bits per heavy atom. The molecule has 2 amide bonds. The lowest BCUT2D eigenvalue weighted by molar-refractivity contribution is -0.151. The van der Waals surface area contributed by atoms with Gasteiger partial charge in [0, 0.05) is 19.6 Å². The van der Waals surface area contributed by atoms with Gasteiger partial charge in [0.2, 0.25) is 11.8 Å². The Morgan fingerprint density at radius 3 is 2.70 bits per heavy atom. The lowest BCUT2D eigenvalue weighted by atomic mass is 9.70. The van der Waals surface area contributed by atoms with Crippen molar-refractivity contribution in [1.82, 2.24) is 9.80 Å². The van der Waals surface area contributed by atoms with Crippen molar-refractivity contribution in [3.05, 3.63) is 48.6 Å². The standard InChI is InChI=1S/C22H26N2O6/c1-2-10-23(13-14-6-4-3-5-7-14)20(27)18-22-9-8-15(30-22)16(21(28)29)17(22)19(26)24(18)11-12-25/h2-7,15-18,25H,1,8-13H2,(H,28,29)/t15-,16+,17+,18-,22+/m1/s1. The van der Waals surface area contributed by atoms with Gasteiger partial charge in [-0.25, -0.2) is 0 Å². The van der Waals surface area contributed by atoms with Gasteiger partial charge in [-0.1, -0.05) is 36.4 Å². The van der Waals surface area contributed by atoms with Crippen molar-refractivity contribution in [1.29, 1.82) is 0 Å². The first-order valence-electron chi connectivity index (χ1n) is 10.2. The normalized spacial score (nSPS) is 31.6. The van der Waals surface area contributed by atoms with Crippen LogP contribution in [-0.2, 0) is 25.7 Å². The third-order valence-electron chi connectivity index (χ3n) is 6.54. The molecule has 3 aliphatic rings. The van der Waals surface area contributed by atoms with Crippen LogP contribution in [0, 0.1) is 11.8 Å². The number of amides is 2. The van der Waals surface area contributed by atoms with Crippen molar-refractivity contribution in [2.24, 2.45) is 11.8 Å². The van der Waals surface area contributed by atoms with Crippen LogP contribution >= 0.6 is 0 Å². The molecule has 0 saturated carbocycles. The SMILES string of the molecule is C=CCN(Cc1ccccc1)C(=O)[C@H]1N(CCO)C(=O)[C@@H]2[C@@H](C(=O)O)[C@H]3CC[C@]21O3. The number of aliphatic hydroxyl groups is 1. The van der Waals surface area contributed by atoms with E-state index in [4.69, 9.17) is 4.74 Å². The molecule has 8 heteroatoms. The number of ether oxygens (including phenoxy) is 1. The average Bonchev–Trinajstić information content (AvgIpc) is 3.36. The highest BCUT2D eigenvalue weighted by Gasteiger charge is 2.74. The molecule has 1 spiro atoms. The number of fused-ring (bicyclic) bond motifs is 1. The first-order chi connectivity index (χ1) is 14.4. The monoisotopic (exact) mass is 414 g/mol. The zero-order chi connectivity index (χ0) is 21.5. The molecule has 4 rings (SSSR count). The molecule has 3 saturated heterocycles. The van der Waals surface area contributed by atoms with Gasteiger partial charge in [-0.3, -0.25) is 14.4 Å².